The van der Waals surface area contributed by atoms with Crippen LogP contribution in [0, 0.1) is 0 Å². The normalized spacial score (nSPS) is 16.3. The molecule has 0 unspecified atom stereocenters. The Morgan fingerprint density at radius 2 is 2.56 bits per heavy atom. The maximum atomic E-state index is 4.17. The molecular formula is C7H12N2. The molecule has 0 saturated heterocycles. The molecule has 1 aliphatic heterocycles. The van der Waals surface area contributed by atoms with Gasteiger partial charge in [0.15, 0.2) is 0 Å². The third kappa shape index (κ3) is 1.96. The fourth-order valence-electron chi connectivity index (χ4n) is 0.812. The van der Waals surface area contributed by atoms with Crippen molar-refractivity contribution in [2.45, 2.75) is 26.2 Å². The molecule has 0 atom stereocenters. The minimum atomic E-state index is 0.805. The van der Waals surface area contributed by atoms with Crippen LogP contribution in [0.25, 0.3) is 0 Å². The SMILES string of the molecule is CCCCC1=NCC=N1. The van der Waals surface area contributed by atoms with Crippen LogP contribution >= 0.6 is 0 Å². The number of hydrogen-bond acceptors (Lipinski definition) is 2. The second-order valence-corrected chi connectivity index (χ2v) is 2.17. The molecule has 0 aromatic heterocycles. The van der Waals surface area contributed by atoms with Gasteiger partial charge in [-0.05, 0) is 6.42 Å². The number of unbranched alkanes of at least 4 members (excludes halogenated alkanes) is 1. The summed E-state index contributed by atoms with van der Waals surface area (Å²) in [4.78, 5) is 8.27. The van der Waals surface area contributed by atoms with Gasteiger partial charge in [-0.1, -0.05) is 13.3 Å². The van der Waals surface area contributed by atoms with E-state index in [9.17, 15) is 0 Å². The van der Waals surface area contributed by atoms with Crippen molar-refractivity contribution in [1.29, 1.82) is 0 Å². The van der Waals surface area contributed by atoms with Gasteiger partial charge in [0.25, 0.3) is 0 Å². The van der Waals surface area contributed by atoms with Gasteiger partial charge in [-0.2, -0.15) is 0 Å². The number of rotatable bonds is 3. The molecule has 2 nitrogen and oxygen atoms in total. The lowest BCUT2D eigenvalue weighted by molar-refractivity contribution is 0.831. The largest absolute Gasteiger partial charge is 0.265 e. The van der Waals surface area contributed by atoms with E-state index in [1.54, 1.807) is 0 Å². The van der Waals surface area contributed by atoms with Crippen molar-refractivity contribution in [3.8, 4) is 0 Å². The summed E-state index contributed by atoms with van der Waals surface area (Å²) >= 11 is 0. The second kappa shape index (κ2) is 3.38. The lowest BCUT2D eigenvalue weighted by Crippen LogP contribution is -1.88. The van der Waals surface area contributed by atoms with Crippen LogP contribution in [-0.4, -0.2) is 18.6 Å². The van der Waals surface area contributed by atoms with E-state index in [0.717, 1.165) is 18.8 Å². The van der Waals surface area contributed by atoms with Gasteiger partial charge in [0.1, 0.15) is 5.84 Å². The molecule has 1 heterocycles. The predicted octanol–water partition coefficient (Wildman–Crippen LogP) is 1.66. The van der Waals surface area contributed by atoms with E-state index in [0.29, 0.717) is 0 Å². The Morgan fingerprint density at radius 1 is 1.67 bits per heavy atom. The highest BCUT2D eigenvalue weighted by Crippen LogP contribution is 2.00. The smallest absolute Gasteiger partial charge is 0.123 e. The Morgan fingerprint density at radius 3 is 3.11 bits per heavy atom. The zero-order valence-corrected chi connectivity index (χ0v) is 5.80. The molecule has 0 N–H and O–H groups in total. The Kier molecular flexibility index (Phi) is 2.43. The molecule has 0 spiro atoms. The monoisotopic (exact) mass is 124 g/mol. The van der Waals surface area contributed by atoms with Crippen LogP contribution < -0.4 is 0 Å². The lowest BCUT2D eigenvalue weighted by Gasteiger charge is -1.91. The highest BCUT2D eigenvalue weighted by Gasteiger charge is 1.97. The summed E-state index contributed by atoms with van der Waals surface area (Å²) in [6.07, 6.45) is 5.38. The van der Waals surface area contributed by atoms with Crippen LogP contribution in [0.2, 0.25) is 0 Å². The van der Waals surface area contributed by atoms with Crippen LogP contribution in [-0.2, 0) is 0 Å². The molecule has 0 bridgehead atoms. The van der Waals surface area contributed by atoms with Crippen molar-refractivity contribution in [2.75, 3.05) is 6.54 Å². The van der Waals surface area contributed by atoms with Gasteiger partial charge in [0, 0.05) is 12.6 Å². The van der Waals surface area contributed by atoms with E-state index in [1.165, 1.54) is 12.8 Å². The standard InChI is InChI=1S/C7H12N2/c1-2-3-4-7-8-5-6-9-7/h5H,2-4,6H2,1H3. The lowest BCUT2D eigenvalue weighted by atomic mass is 10.2. The first-order valence-electron chi connectivity index (χ1n) is 3.49. The van der Waals surface area contributed by atoms with Crippen LogP contribution in [0.5, 0.6) is 0 Å². The summed E-state index contributed by atoms with van der Waals surface area (Å²) in [5.74, 6) is 1.04. The first kappa shape index (κ1) is 6.46. The van der Waals surface area contributed by atoms with E-state index in [2.05, 4.69) is 16.9 Å². The minimum absolute atomic E-state index is 0.805. The summed E-state index contributed by atoms with van der Waals surface area (Å²) in [6.45, 7) is 2.98. The third-order valence-corrected chi connectivity index (χ3v) is 1.35. The van der Waals surface area contributed by atoms with Crippen molar-refractivity contribution in [3.63, 3.8) is 0 Å². The summed E-state index contributed by atoms with van der Waals surface area (Å²) in [5.41, 5.74) is 0. The molecule has 0 amide bonds. The first-order chi connectivity index (χ1) is 4.43. The molecule has 0 radical (unpaired) electrons. The molecule has 0 aromatic carbocycles. The predicted molar refractivity (Wildman–Crippen MR) is 40.3 cm³/mol. The van der Waals surface area contributed by atoms with Gasteiger partial charge >= 0.3 is 0 Å². The maximum Gasteiger partial charge on any atom is 0.123 e. The van der Waals surface area contributed by atoms with Crippen LogP contribution in [0.4, 0.5) is 0 Å². The van der Waals surface area contributed by atoms with Crippen molar-refractivity contribution in [3.05, 3.63) is 0 Å². The van der Waals surface area contributed by atoms with Gasteiger partial charge in [0.2, 0.25) is 0 Å². The summed E-state index contributed by atoms with van der Waals surface area (Å²) < 4.78 is 0. The zero-order chi connectivity index (χ0) is 6.53. The number of aliphatic imine (C=N–C) groups is 2. The maximum absolute atomic E-state index is 4.17. The van der Waals surface area contributed by atoms with Crippen LogP contribution in [0.1, 0.15) is 26.2 Å². The molecular weight excluding hydrogens is 112 g/mol. The molecule has 50 valence electrons. The molecule has 0 aliphatic carbocycles. The van der Waals surface area contributed by atoms with Crippen molar-refractivity contribution >= 4 is 12.1 Å². The highest BCUT2D eigenvalue weighted by molar-refractivity contribution is 5.94. The molecule has 1 rings (SSSR count). The van der Waals surface area contributed by atoms with Crippen molar-refractivity contribution in [2.24, 2.45) is 9.98 Å². The Labute approximate surface area is 55.7 Å². The number of hydrogen-bond donors (Lipinski definition) is 0. The minimum Gasteiger partial charge on any atom is -0.265 e. The highest BCUT2D eigenvalue weighted by atomic mass is 15.0. The average molecular weight is 124 g/mol. The van der Waals surface area contributed by atoms with Gasteiger partial charge in [0.05, 0.1) is 6.54 Å². The molecule has 0 aromatic rings. The topological polar surface area (TPSA) is 24.7 Å². The van der Waals surface area contributed by atoms with Crippen molar-refractivity contribution < 1.29 is 0 Å². The molecule has 0 saturated carbocycles. The average Bonchev–Trinajstić information content (AvgIpc) is 2.34. The fourth-order valence-corrected chi connectivity index (χ4v) is 0.812. The first-order valence-corrected chi connectivity index (χ1v) is 3.49. The number of amidine groups is 1. The van der Waals surface area contributed by atoms with E-state index in [1.807, 2.05) is 6.21 Å². The van der Waals surface area contributed by atoms with Gasteiger partial charge in [-0.3, -0.25) is 4.99 Å². The van der Waals surface area contributed by atoms with Gasteiger partial charge < -0.3 is 0 Å². The summed E-state index contributed by atoms with van der Waals surface area (Å²) in [6, 6.07) is 0. The summed E-state index contributed by atoms with van der Waals surface area (Å²) in [7, 11) is 0. The van der Waals surface area contributed by atoms with E-state index in [4.69, 9.17) is 0 Å². The molecule has 0 fully saturated rings. The van der Waals surface area contributed by atoms with E-state index >= 15 is 0 Å². The fraction of sp³-hybridized carbons (Fsp3) is 0.714. The Bertz CT molecular complexity index is 136. The number of nitrogens with zero attached hydrogens (tertiary/aromatic N) is 2. The Balaban J connectivity index is 2.19. The molecule has 2 heteroatoms. The quantitative estimate of drug-likeness (QED) is 0.546. The molecule has 9 heavy (non-hydrogen) atoms. The van der Waals surface area contributed by atoms with E-state index < -0.39 is 0 Å². The zero-order valence-electron chi connectivity index (χ0n) is 5.80. The molecule has 1 aliphatic rings. The summed E-state index contributed by atoms with van der Waals surface area (Å²) in [5, 5.41) is 0. The van der Waals surface area contributed by atoms with Crippen LogP contribution in [0.15, 0.2) is 9.98 Å². The Hall–Kier alpha value is -0.660. The van der Waals surface area contributed by atoms with Crippen LogP contribution in [0.3, 0.4) is 0 Å². The third-order valence-electron chi connectivity index (χ3n) is 1.35. The van der Waals surface area contributed by atoms with Gasteiger partial charge in [-0.15, -0.1) is 0 Å². The van der Waals surface area contributed by atoms with Crippen molar-refractivity contribution in [1.82, 2.24) is 0 Å². The van der Waals surface area contributed by atoms with E-state index in [-0.39, 0.29) is 0 Å². The van der Waals surface area contributed by atoms with Gasteiger partial charge in [-0.25, -0.2) is 4.99 Å². The second-order valence-electron chi connectivity index (χ2n) is 2.17.